The van der Waals surface area contributed by atoms with Gasteiger partial charge >= 0.3 is 0 Å². The number of methoxy groups -OCH3 is 1. The zero-order valence-electron chi connectivity index (χ0n) is 12.1. The molecule has 4 nitrogen and oxygen atoms in total. The molecule has 1 aromatic heterocycles. The average molecular weight is 260 g/mol. The first kappa shape index (κ1) is 13.6. The lowest BCUT2D eigenvalue weighted by Crippen LogP contribution is -2.01. The van der Waals surface area contributed by atoms with Crippen LogP contribution in [0.1, 0.15) is 27.9 Å². The highest BCUT2D eigenvalue weighted by molar-refractivity contribution is 5.70. The largest absolute Gasteiger partial charge is 0.496 e. The molecule has 0 spiro atoms. The Balaban J connectivity index is 2.70. The van der Waals surface area contributed by atoms with Crippen molar-refractivity contribution in [1.82, 2.24) is 5.16 Å². The van der Waals surface area contributed by atoms with Crippen LogP contribution in [0.3, 0.4) is 0 Å². The van der Waals surface area contributed by atoms with E-state index in [2.05, 4.69) is 25.1 Å². The van der Waals surface area contributed by atoms with Crippen LogP contribution in [0.4, 0.5) is 0 Å². The van der Waals surface area contributed by atoms with E-state index in [4.69, 9.17) is 15.0 Å². The van der Waals surface area contributed by atoms with Gasteiger partial charge in [-0.1, -0.05) is 5.16 Å². The summed E-state index contributed by atoms with van der Waals surface area (Å²) < 4.78 is 10.9. The van der Waals surface area contributed by atoms with Crippen molar-refractivity contribution in [1.29, 1.82) is 0 Å². The van der Waals surface area contributed by atoms with Crippen molar-refractivity contribution < 1.29 is 9.26 Å². The van der Waals surface area contributed by atoms with E-state index in [1.807, 2.05) is 13.8 Å². The van der Waals surface area contributed by atoms with Crippen molar-refractivity contribution in [2.75, 3.05) is 7.11 Å². The lowest BCUT2D eigenvalue weighted by atomic mass is 9.95. The van der Waals surface area contributed by atoms with Crippen LogP contribution in [0.2, 0.25) is 0 Å². The first-order valence-corrected chi connectivity index (χ1v) is 6.31. The van der Waals surface area contributed by atoms with Crippen molar-refractivity contribution in [2.45, 2.75) is 34.2 Å². The highest BCUT2D eigenvalue weighted by Gasteiger charge is 2.19. The van der Waals surface area contributed by atoms with Gasteiger partial charge < -0.3 is 15.0 Å². The Labute approximate surface area is 113 Å². The molecule has 1 aromatic carbocycles. The first-order valence-electron chi connectivity index (χ1n) is 6.31. The van der Waals surface area contributed by atoms with Crippen molar-refractivity contribution in [3.63, 3.8) is 0 Å². The van der Waals surface area contributed by atoms with Gasteiger partial charge in [0.15, 0.2) is 5.76 Å². The zero-order valence-corrected chi connectivity index (χ0v) is 12.1. The van der Waals surface area contributed by atoms with Crippen LogP contribution in [-0.2, 0) is 6.54 Å². The van der Waals surface area contributed by atoms with Gasteiger partial charge in [0.1, 0.15) is 5.75 Å². The number of benzene rings is 1. The van der Waals surface area contributed by atoms with E-state index in [-0.39, 0.29) is 0 Å². The van der Waals surface area contributed by atoms with Crippen molar-refractivity contribution >= 4 is 0 Å². The summed E-state index contributed by atoms with van der Waals surface area (Å²) >= 11 is 0. The Morgan fingerprint density at radius 3 is 2.47 bits per heavy atom. The van der Waals surface area contributed by atoms with E-state index in [0.29, 0.717) is 6.54 Å². The SMILES string of the molecule is COc1c(C)cc(-c2onc(C)c2CN)c(C)c1C. The van der Waals surface area contributed by atoms with Crippen LogP contribution in [0.15, 0.2) is 10.6 Å². The van der Waals surface area contributed by atoms with Crippen LogP contribution in [0, 0.1) is 27.7 Å². The van der Waals surface area contributed by atoms with Crippen molar-refractivity contribution in [2.24, 2.45) is 5.73 Å². The molecule has 0 aliphatic heterocycles. The second-order valence-corrected chi connectivity index (χ2v) is 4.80. The van der Waals surface area contributed by atoms with E-state index in [9.17, 15) is 0 Å². The highest BCUT2D eigenvalue weighted by atomic mass is 16.5. The molecule has 102 valence electrons. The number of ether oxygens (including phenoxy) is 1. The van der Waals surface area contributed by atoms with Gasteiger partial charge in [0.25, 0.3) is 0 Å². The molecule has 0 amide bonds. The second kappa shape index (κ2) is 5.05. The maximum absolute atomic E-state index is 5.79. The smallest absolute Gasteiger partial charge is 0.171 e. The molecule has 0 atom stereocenters. The summed E-state index contributed by atoms with van der Waals surface area (Å²) in [6.07, 6.45) is 0. The standard InChI is InChI=1S/C15H20N2O2/c1-8-6-12(9(2)10(3)14(8)18-5)15-13(7-16)11(4)17-19-15/h6H,7,16H2,1-5H3. The summed E-state index contributed by atoms with van der Waals surface area (Å²) in [7, 11) is 1.69. The van der Waals surface area contributed by atoms with Crippen LogP contribution >= 0.6 is 0 Å². The predicted molar refractivity (Wildman–Crippen MR) is 75.3 cm³/mol. The molecule has 0 aliphatic rings. The molecule has 0 unspecified atom stereocenters. The molecule has 0 radical (unpaired) electrons. The topological polar surface area (TPSA) is 61.3 Å². The molecule has 0 fully saturated rings. The monoisotopic (exact) mass is 260 g/mol. The summed E-state index contributed by atoms with van der Waals surface area (Å²) in [4.78, 5) is 0. The molecular weight excluding hydrogens is 240 g/mol. The summed E-state index contributed by atoms with van der Waals surface area (Å²) in [5, 5.41) is 4.02. The normalized spacial score (nSPS) is 10.8. The molecule has 2 N–H and O–H groups in total. The third-order valence-electron chi connectivity index (χ3n) is 3.66. The minimum absolute atomic E-state index is 0.425. The fraction of sp³-hybridized carbons (Fsp3) is 0.400. The number of rotatable bonds is 3. The summed E-state index contributed by atoms with van der Waals surface area (Å²) in [6, 6.07) is 2.07. The van der Waals surface area contributed by atoms with E-state index in [1.54, 1.807) is 7.11 Å². The van der Waals surface area contributed by atoms with Gasteiger partial charge in [0.05, 0.1) is 12.8 Å². The minimum Gasteiger partial charge on any atom is -0.496 e. The Kier molecular flexibility index (Phi) is 3.62. The summed E-state index contributed by atoms with van der Waals surface area (Å²) in [5.74, 6) is 1.69. The van der Waals surface area contributed by atoms with Gasteiger partial charge in [0, 0.05) is 17.7 Å². The van der Waals surface area contributed by atoms with Gasteiger partial charge in [0.2, 0.25) is 0 Å². The zero-order chi connectivity index (χ0) is 14.2. The van der Waals surface area contributed by atoms with Crippen LogP contribution in [-0.4, -0.2) is 12.3 Å². The predicted octanol–water partition coefficient (Wildman–Crippen LogP) is 3.04. The molecule has 0 saturated heterocycles. The average Bonchev–Trinajstić information content (AvgIpc) is 2.75. The van der Waals surface area contributed by atoms with Gasteiger partial charge in [-0.15, -0.1) is 0 Å². The number of aromatic nitrogens is 1. The fourth-order valence-corrected chi connectivity index (χ4v) is 2.45. The molecule has 0 aliphatic carbocycles. The van der Waals surface area contributed by atoms with E-state index in [1.165, 1.54) is 0 Å². The Bertz CT molecular complexity index is 615. The molecule has 2 rings (SSSR count). The number of hydrogen-bond donors (Lipinski definition) is 1. The fourth-order valence-electron chi connectivity index (χ4n) is 2.45. The lowest BCUT2D eigenvalue weighted by molar-refractivity contribution is 0.407. The van der Waals surface area contributed by atoms with E-state index in [0.717, 1.165) is 45.0 Å². The van der Waals surface area contributed by atoms with E-state index >= 15 is 0 Å². The summed E-state index contributed by atoms with van der Waals surface area (Å²) in [6.45, 7) is 8.48. The van der Waals surface area contributed by atoms with Crippen molar-refractivity contribution in [3.8, 4) is 17.1 Å². The maximum atomic E-state index is 5.79. The molecular formula is C15H20N2O2. The van der Waals surface area contributed by atoms with Crippen LogP contribution < -0.4 is 10.5 Å². The maximum Gasteiger partial charge on any atom is 0.171 e. The second-order valence-electron chi connectivity index (χ2n) is 4.80. The molecule has 0 saturated carbocycles. The molecule has 4 heteroatoms. The number of aryl methyl sites for hydroxylation is 2. The van der Waals surface area contributed by atoms with Gasteiger partial charge in [-0.05, 0) is 50.5 Å². The van der Waals surface area contributed by atoms with Crippen LogP contribution in [0.25, 0.3) is 11.3 Å². The quantitative estimate of drug-likeness (QED) is 0.921. The lowest BCUT2D eigenvalue weighted by Gasteiger charge is -2.14. The molecule has 0 bridgehead atoms. The first-order chi connectivity index (χ1) is 9.01. The minimum atomic E-state index is 0.425. The van der Waals surface area contributed by atoms with Crippen LogP contribution in [0.5, 0.6) is 5.75 Å². The Morgan fingerprint density at radius 1 is 1.21 bits per heavy atom. The Hall–Kier alpha value is -1.81. The third kappa shape index (κ3) is 2.12. The van der Waals surface area contributed by atoms with Gasteiger partial charge in [-0.2, -0.15) is 0 Å². The Morgan fingerprint density at radius 2 is 1.89 bits per heavy atom. The number of hydrogen-bond acceptors (Lipinski definition) is 4. The number of nitrogens with two attached hydrogens (primary N) is 1. The van der Waals surface area contributed by atoms with Crippen molar-refractivity contribution in [3.05, 3.63) is 34.0 Å². The number of nitrogens with zero attached hydrogens (tertiary/aromatic N) is 1. The van der Waals surface area contributed by atoms with E-state index < -0.39 is 0 Å². The van der Waals surface area contributed by atoms with Gasteiger partial charge in [-0.25, -0.2) is 0 Å². The molecule has 19 heavy (non-hydrogen) atoms. The summed E-state index contributed by atoms with van der Waals surface area (Å²) in [5.41, 5.74) is 12.0. The van der Waals surface area contributed by atoms with Gasteiger partial charge in [-0.3, -0.25) is 0 Å². The third-order valence-corrected chi connectivity index (χ3v) is 3.66. The molecule has 1 heterocycles. The highest BCUT2D eigenvalue weighted by Crippen LogP contribution is 2.36. The molecule has 2 aromatic rings.